The summed E-state index contributed by atoms with van der Waals surface area (Å²) in [5, 5.41) is 5.21. The van der Waals surface area contributed by atoms with Gasteiger partial charge < -0.3 is 5.32 Å². The molecule has 0 saturated heterocycles. The van der Waals surface area contributed by atoms with Crippen molar-refractivity contribution in [3.05, 3.63) is 33.6 Å². The van der Waals surface area contributed by atoms with Gasteiger partial charge in [-0.1, -0.05) is 18.5 Å². The zero-order valence-electron chi connectivity index (χ0n) is 10.3. The van der Waals surface area contributed by atoms with E-state index in [0.29, 0.717) is 6.42 Å². The Morgan fingerprint density at radius 1 is 1.40 bits per heavy atom. The molecule has 4 nitrogen and oxygen atoms in total. The fourth-order valence-corrected chi connectivity index (χ4v) is 2.50. The number of aromatic nitrogens is 3. The fourth-order valence-electron chi connectivity index (χ4n) is 1.54. The molecule has 0 aromatic carbocycles. The van der Waals surface area contributed by atoms with E-state index in [1.807, 2.05) is 6.92 Å². The van der Waals surface area contributed by atoms with Crippen molar-refractivity contribution in [2.24, 2.45) is 0 Å². The number of rotatable bonds is 4. The number of hydrogen-bond acceptors (Lipinski definition) is 5. The van der Waals surface area contributed by atoms with E-state index >= 15 is 0 Å². The van der Waals surface area contributed by atoms with Crippen molar-refractivity contribution < 1.29 is 13.2 Å². The van der Waals surface area contributed by atoms with Crippen LogP contribution in [0.25, 0.3) is 0 Å². The molecule has 1 atom stereocenters. The van der Waals surface area contributed by atoms with Crippen molar-refractivity contribution in [2.45, 2.75) is 25.6 Å². The summed E-state index contributed by atoms with van der Waals surface area (Å²) in [6.45, 7) is 1.90. The molecule has 0 aliphatic rings. The maximum atomic E-state index is 12.6. The Balaban J connectivity index is 2.27. The van der Waals surface area contributed by atoms with Crippen LogP contribution in [0.2, 0.25) is 5.15 Å². The van der Waals surface area contributed by atoms with Gasteiger partial charge in [0.25, 0.3) is 0 Å². The number of anilines is 1. The summed E-state index contributed by atoms with van der Waals surface area (Å²) >= 11 is 7.02. The molecule has 0 aliphatic carbocycles. The number of nitrogens with zero attached hydrogens (tertiary/aromatic N) is 3. The Labute approximate surface area is 122 Å². The quantitative estimate of drug-likeness (QED) is 0.858. The molecule has 2 rings (SSSR count). The molecule has 2 heterocycles. The average molecular weight is 323 g/mol. The second kappa shape index (κ2) is 5.92. The first kappa shape index (κ1) is 15.0. The zero-order chi connectivity index (χ0) is 14.8. The van der Waals surface area contributed by atoms with Gasteiger partial charge in [-0.3, -0.25) is 0 Å². The van der Waals surface area contributed by atoms with Gasteiger partial charge in [0.15, 0.2) is 0 Å². The van der Waals surface area contributed by atoms with Gasteiger partial charge in [-0.05, 0) is 6.42 Å². The van der Waals surface area contributed by atoms with E-state index in [1.165, 1.54) is 17.4 Å². The van der Waals surface area contributed by atoms with Crippen LogP contribution in [0, 0.1) is 0 Å². The van der Waals surface area contributed by atoms with Gasteiger partial charge in [-0.15, -0.1) is 11.3 Å². The molecule has 2 aromatic rings. The summed E-state index contributed by atoms with van der Waals surface area (Å²) in [4.78, 5) is 10.8. The van der Waals surface area contributed by atoms with Gasteiger partial charge in [0.1, 0.15) is 16.0 Å². The first-order chi connectivity index (χ1) is 9.40. The van der Waals surface area contributed by atoms with Crippen LogP contribution >= 0.6 is 22.9 Å². The highest BCUT2D eigenvalue weighted by Gasteiger charge is 2.35. The van der Waals surface area contributed by atoms with Gasteiger partial charge in [-0.25, -0.2) is 15.0 Å². The van der Waals surface area contributed by atoms with Crippen LogP contribution in [0.15, 0.2) is 17.6 Å². The molecule has 0 aliphatic heterocycles. The molecule has 0 bridgehead atoms. The summed E-state index contributed by atoms with van der Waals surface area (Å²) < 4.78 is 37.9. The Kier molecular flexibility index (Phi) is 4.44. The Morgan fingerprint density at radius 3 is 2.70 bits per heavy atom. The van der Waals surface area contributed by atoms with Crippen LogP contribution in [0.4, 0.5) is 19.0 Å². The monoisotopic (exact) mass is 322 g/mol. The highest BCUT2D eigenvalue weighted by molar-refractivity contribution is 7.09. The third-order valence-corrected chi connectivity index (χ3v) is 3.51. The minimum absolute atomic E-state index is 0.0272. The molecule has 108 valence electrons. The minimum Gasteiger partial charge on any atom is -0.361 e. The number of nitrogens with one attached hydrogen (secondary N) is 1. The van der Waals surface area contributed by atoms with Gasteiger partial charge >= 0.3 is 6.18 Å². The lowest BCUT2D eigenvalue weighted by Gasteiger charge is -2.16. The Morgan fingerprint density at radius 2 is 2.15 bits per heavy atom. The molecule has 9 heteroatoms. The zero-order valence-corrected chi connectivity index (χ0v) is 11.9. The largest absolute Gasteiger partial charge is 0.451 e. The highest BCUT2D eigenvalue weighted by Crippen LogP contribution is 2.30. The summed E-state index contributed by atoms with van der Waals surface area (Å²) in [6.07, 6.45) is -2.35. The number of hydrogen-bond donors (Lipinski definition) is 1. The van der Waals surface area contributed by atoms with Gasteiger partial charge in [0.05, 0.1) is 6.04 Å². The van der Waals surface area contributed by atoms with E-state index < -0.39 is 12.0 Å². The van der Waals surface area contributed by atoms with Crippen LogP contribution < -0.4 is 5.32 Å². The molecule has 1 unspecified atom stereocenters. The SMILES string of the molecule is CCC(Nc1cc(Cl)nc(C(F)(F)F)n1)c1nccs1. The minimum atomic E-state index is -4.63. The van der Waals surface area contributed by atoms with Gasteiger partial charge in [0, 0.05) is 17.6 Å². The van der Waals surface area contributed by atoms with Crippen LogP contribution in [-0.2, 0) is 6.18 Å². The normalized spacial score (nSPS) is 13.2. The summed E-state index contributed by atoms with van der Waals surface area (Å²) in [5.74, 6) is -1.24. The molecule has 0 spiro atoms. The fraction of sp³-hybridized carbons (Fsp3) is 0.364. The Bertz CT molecular complexity index is 574. The van der Waals surface area contributed by atoms with E-state index in [1.54, 1.807) is 11.6 Å². The van der Waals surface area contributed by atoms with Gasteiger partial charge in [0.2, 0.25) is 5.82 Å². The predicted octanol–water partition coefficient (Wildman–Crippen LogP) is 4.17. The van der Waals surface area contributed by atoms with Crippen molar-refractivity contribution in [1.82, 2.24) is 15.0 Å². The molecule has 2 aromatic heterocycles. The van der Waals surface area contributed by atoms with E-state index in [0.717, 1.165) is 5.01 Å². The third-order valence-electron chi connectivity index (χ3n) is 2.43. The van der Waals surface area contributed by atoms with Crippen LogP contribution in [0.5, 0.6) is 0 Å². The molecular formula is C11H10ClF3N4S. The first-order valence-electron chi connectivity index (χ1n) is 5.68. The van der Waals surface area contributed by atoms with Crippen molar-refractivity contribution in [1.29, 1.82) is 0 Å². The predicted molar refractivity (Wildman–Crippen MR) is 70.8 cm³/mol. The maximum Gasteiger partial charge on any atom is 0.451 e. The lowest BCUT2D eigenvalue weighted by atomic mass is 10.2. The molecule has 0 amide bonds. The van der Waals surface area contributed by atoms with Crippen LogP contribution in [0.1, 0.15) is 30.2 Å². The number of thiazole rings is 1. The van der Waals surface area contributed by atoms with Crippen LogP contribution in [0.3, 0.4) is 0 Å². The van der Waals surface area contributed by atoms with Crippen molar-refractivity contribution in [3.63, 3.8) is 0 Å². The van der Waals surface area contributed by atoms with Crippen molar-refractivity contribution in [2.75, 3.05) is 5.32 Å². The van der Waals surface area contributed by atoms with Crippen molar-refractivity contribution in [3.8, 4) is 0 Å². The topological polar surface area (TPSA) is 50.7 Å². The maximum absolute atomic E-state index is 12.6. The smallest absolute Gasteiger partial charge is 0.361 e. The standard InChI is InChI=1S/C11H10ClF3N4S/c1-2-6(9-16-3-4-20-9)17-8-5-7(12)18-10(19-8)11(13,14)15/h3-6H,2H2,1H3,(H,17,18,19). The molecule has 0 fully saturated rings. The summed E-state index contributed by atoms with van der Waals surface area (Å²) in [6, 6.07) is 1.04. The molecule has 0 radical (unpaired) electrons. The molecule has 0 saturated carbocycles. The van der Waals surface area contributed by atoms with E-state index in [9.17, 15) is 13.2 Å². The first-order valence-corrected chi connectivity index (χ1v) is 6.93. The van der Waals surface area contributed by atoms with Gasteiger partial charge in [-0.2, -0.15) is 13.2 Å². The lowest BCUT2D eigenvalue weighted by Crippen LogP contribution is -2.15. The lowest BCUT2D eigenvalue weighted by molar-refractivity contribution is -0.144. The summed E-state index contributed by atoms with van der Waals surface area (Å²) in [7, 11) is 0. The molecular weight excluding hydrogens is 313 g/mol. The highest BCUT2D eigenvalue weighted by atomic mass is 35.5. The molecule has 20 heavy (non-hydrogen) atoms. The number of alkyl halides is 3. The third kappa shape index (κ3) is 3.57. The number of halogens is 4. The van der Waals surface area contributed by atoms with Crippen molar-refractivity contribution >= 4 is 28.8 Å². The molecule has 1 N–H and O–H groups in total. The van der Waals surface area contributed by atoms with E-state index in [-0.39, 0.29) is 17.0 Å². The van der Waals surface area contributed by atoms with E-state index in [2.05, 4.69) is 20.3 Å². The second-order valence-corrected chi connectivity index (χ2v) is 5.19. The summed E-state index contributed by atoms with van der Waals surface area (Å²) in [5.41, 5.74) is 0. The average Bonchev–Trinajstić information content (AvgIpc) is 2.88. The van der Waals surface area contributed by atoms with Crippen LogP contribution in [-0.4, -0.2) is 15.0 Å². The Hall–Kier alpha value is -1.41. The second-order valence-electron chi connectivity index (χ2n) is 3.87. The van der Waals surface area contributed by atoms with E-state index in [4.69, 9.17) is 11.6 Å².